The van der Waals surface area contributed by atoms with E-state index >= 15 is 0 Å². The van der Waals surface area contributed by atoms with Gasteiger partial charge in [0.15, 0.2) is 0 Å². The van der Waals surface area contributed by atoms with Crippen molar-refractivity contribution < 1.29 is 4.79 Å². The van der Waals surface area contributed by atoms with Gasteiger partial charge in [-0.05, 0) is 19.4 Å². The van der Waals surface area contributed by atoms with Crippen molar-refractivity contribution >= 4 is 5.91 Å². The number of hydrogen-bond acceptors (Lipinski definition) is 4. The van der Waals surface area contributed by atoms with Crippen LogP contribution < -0.4 is 10.6 Å². The van der Waals surface area contributed by atoms with E-state index in [0.717, 1.165) is 31.8 Å². The lowest BCUT2D eigenvalue weighted by atomic mass is 9.96. The normalized spacial score (nSPS) is 20.9. The Kier molecular flexibility index (Phi) is 4.19. The molecule has 1 aliphatic heterocycles. The molecule has 1 aliphatic rings. The van der Waals surface area contributed by atoms with Crippen LogP contribution in [0.2, 0.25) is 0 Å². The molecule has 1 unspecified atom stereocenters. The van der Waals surface area contributed by atoms with Gasteiger partial charge in [-0.15, -0.1) is 5.10 Å². The van der Waals surface area contributed by atoms with Gasteiger partial charge in [-0.3, -0.25) is 9.89 Å². The average Bonchev–Trinajstić information content (AvgIpc) is 2.70. The Labute approximate surface area is 113 Å². The van der Waals surface area contributed by atoms with Gasteiger partial charge in [0.1, 0.15) is 5.82 Å². The molecule has 1 amide bonds. The number of nitrogens with zero attached hydrogens (tertiary/aromatic N) is 2. The Balaban J connectivity index is 1.97. The number of hydrogen-bond donors (Lipinski definition) is 3. The molecule has 1 fully saturated rings. The van der Waals surface area contributed by atoms with Gasteiger partial charge in [0.2, 0.25) is 5.82 Å². The Morgan fingerprint density at radius 3 is 2.84 bits per heavy atom. The summed E-state index contributed by atoms with van der Waals surface area (Å²) >= 11 is 0. The summed E-state index contributed by atoms with van der Waals surface area (Å²) in [5, 5.41) is 13.2. The summed E-state index contributed by atoms with van der Waals surface area (Å²) in [5.74, 6) is 0.770. The average molecular weight is 265 g/mol. The molecule has 106 valence electrons. The van der Waals surface area contributed by atoms with Gasteiger partial charge in [0.05, 0.1) is 0 Å². The van der Waals surface area contributed by atoms with Gasteiger partial charge in [-0.25, -0.2) is 4.98 Å². The molecular weight excluding hydrogens is 242 g/mol. The van der Waals surface area contributed by atoms with Gasteiger partial charge < -0.3 is 10.6 Å². The highest BCUT2D eigenvalue weighted by molar-refractivity contribution is 5.90. The Bertz CT molecular complexity index is 426. The molecule has 3 N–H and O–H groups in total. The van der Waals surface area contributed by atoms with Crippen LogP contribution >= 0.6 is 0 Å². The first kappa shape index (κ1) is 14.0. The minimum atomic E-state index is -0.194. The first-order valence-corrected chi connectivity index (χ1v) is 6.91. The lowest BCUT2D eigenvalue weighted by Crippen LogP contribution is -2.41. The third kappa shape index (κ3) is 3.76. The zero-order valence-electron chi connectivity index (χ0n) is 11.9. The van der Waals surface area contributed by atoms with E-state index in [9.17, 15) is 4.79 Å². The van der Waals surface area contributed by atoms with E-state index in [-0.39, 0.29) is 23.2 Å². The summed E-state index contributed by atoms with van der Waals surface area (Å²) in [6.07, 6.45) is 3.32. The monoisotopic (exact) mass is 265 g/mol. The summed E-state index contributed by atoms with van der Waals surface area (Å²) in [6.45, 7) is 7.95. The summed E-state index contributed by atoms with van der Waals surface area (Å²) in [6, 6.07) is 0.173. The van der Waals surface area contributed by atoms with Crippen molar-refractivity contribution in [3.05, 3.63) is 11.6 Å². The quantitative estimate of drug-likeness (QED) is 0.744. The maximum Gasteiger partial charge on any atom is 0.291 e. The van der Waals surface area contributed by atoms with Crippen molar-refractivity contribution in [1.82, 2.24) is 25.8 Å². The van der Waals surface area contributed by atoms with Crippen molar-refractivity contribution in [3.8, 4) is 0 Å². The maximum absolute atomic E-state index is 12.1. The highest BCUT2D eigenvalue weighted by Crippen LogP contribution is 2.17. The second kappa shape index (κ2) is 5.69. The SMILES string of the molecule is CC(C)(C)c1nc(C(=O)NC2CCCCNC2)n[nH]1. The third-order valence-corrected chi connectivity index (χ3v) is 3.28. The smallest absolute Gasteiger partial charge is 0.291 e. The van der Waals surface area contributed by atoms with Gasteiger partial charge in [0.25, 0.3) is 5.91 Å². The highest BCUT2D eigenvalue weighted by atomic mass is 16.2. The van der Waals surface area contributed by atoms with Crippen LogP contribution in [0.4, 0.5) is 0 Å². The Hall–Kier alpha value is -1.43. The zero-order chi connectivity index (χ0) is 13.9. The molecule has 1 aromatic heterocycles. The second-order valence-corrected chi connectivity index (χ2v) is 6.13. The van der Waals surface area contributed by atoms with Crippen molar-refractivity contribution in [2.75, 3.05) is 13.1 Å². The second-order valence-electron chi connectivity index (χ2n) is 6.13. The van der Waals surface area contributed by atoms with Crippen molar-refractivity contribution in [2.45, 2.75) is 51.5 Å². The zero-order valence-corrected chi connectivity index (χ0v) is 11.9. The number of nitrogens with one attached hydrogen (secondary N) is 3. The van der Waals surface area contributed by atoms with E-state index in [1.807, 2.05) is 20.8 Å². The predicted octanol–water partition coefficient (Wildman–Crippen LogP) is 0.974. The topological polar surface area (TPSA) is 82.7 Å². The van der Waals surface area contributed by atoms with Gasteiger partial charge >= 0.3 is 0 Å². The van der Waals surface area contributed by atoms with E-state index in [2.05, 4.69) is 25.8 Å². The van der Waals surface area contributed by atoms with Crippen molar-refractivity contribution in [2.24, 2.45) is 0 Å². The number of H-pyrrole nitrogens is 1. The van der Waals surface area contributed by atoms with Crippen LogP contribution in [-0.4, -0.2) is 40.2 Å². The summed E-state index contributed by atoms with van der Waals surface area (Å²) in [7, 11) is 0. The fourth-order valence-corrected chi connectivity index (χ4v) is 2.09. The minimum Gasteiger partial charge on any atom is -0.345 e. The van der Waals surface area contributed by atoms with Crippen LogP contribution in [0.15, 0.2) is 0 Å². The van der Waals surface area contributed by atoms with Crippen LogP contribution in [0, 0.1) is 0 Å². The molecule has 1 aromatic rings. The van der Waals surface area contributed by atoms with E-state index in [0.29, 0.717) is 0 Å². The lowest BCUT2D eigenvalue weighted by molar-refractivity contribution is 0.0925. The molecule has 0 saturated carbocycles. The van der Waals surface area contributed by atoms with Gasteiger partial charge in [-0.2, -0.15) is 0 Å². The number of carbonyl (C=O) groups excluding carboxylic acids is 1. The van der Waals surface area contributed by atoms with Crippen LogP contribution in [0.1, 0.15) is 56.5 Å². The fraction of sp³-hybridized carbons (Fsp3) is 0.769. The summed E-state index contributed by atoms with van der Waals surface area (Å²) < 4.78 is 0. The number of rotatable bonds is 2. The largest absolute Gasteiger partial charge is 0.345 e. The van der Waals surface area contributed by atoms with E-state index in [1.54, 1.807) is 0 Å². The van der Waals surface area contributed by atoms with Crippen LogP contribution in [0.5, 0.6) is 0 Å². The number of aromatic nitrogens is 3. The van der Waals surface area contributed by atoms with E-state index in [1.165, 1.54) is 6.42 Å². The molecule has 6 heteroatoms. The number of amides is 1. The summed E-state index contributed by atoms with van der Waals surface area (Å²) in [5.41, 5.74) is -0.130. The van der Waals surface area contributed by atoms with E-state index < -0.39 is 0 Å². The first-order chi connectivity index (χ1) is 8.97. The number of carbonyl (C=O) groups is 1. The van der Waals surface area contributed by atoms with Crippen LogP contribution in [0.25, 0.3) is 0 Å². The van der Waals surface area contributed by atoms with Gasteiger partial charge in [-0.1, -0.05) is 27.2 Å². The Morgan fingerprint density at radius 1 is 1.37 bits per heavy atom. The maximum atomic E-state index is 12.1. The third-order valence-electron chi connectivity index (χ3n) is 3.28. The molecule has 0 bridgehead atoms. The lowest BCUT2D eigenvalue weighted by Gasteiger charge is -2.15. The summed E-state index contributed by atoms with van der Waals surface area (Å²) in [4.78, 5) is 16.4. The molecule has 0 radical (unpaired) electrons. The minimum absolute atomic E-state index is 0.130. The molecule has 19 heavy (non-hydrogen) atoms. The molecule has 1 atom stereocenters. The van der Waals surface area contributed by atoms with Crippen molar-refractivity contribution in [1.29, 1.82) is 0 Å². The Morgan fingerprint density at radius 2 is 2.16 bits per heavy atom. The van der Waals surface area contributed by atoms with Crippen molar-refractivity contribution in [3.63, 3.8) is 0 Å². The molecule has 0 spiro atoms. The highest BCUT2D eigenvalue weighted by Gasteiger charge is 2.22. The molecule has 0 aliphatic carbocycles. The molecule has 2 rings (SSSR count). The first-order valence-electron chi connectivity index (χ1n) is 6.91. The molecule has 2 heterocycles. The fourth-order valence-electron chi connectivity index (χ4n) is 2.09. The molecule has 6 nitrogen and oxygen atoms in total. The van der Waals surface area contributed by atoms with Gasteiger partial charge in [0, 0.05) is 18.0 Å². The molecular formula is C13H23N5O. The predicted molar refractivity (Wildman–Crippen MR) is 73.1 cm³/mol. The van der Waals surface area contributed by atoms with Crippen LogP contribution in [0.3, 0.4) is 0 Å². The van der Waals surface area contributed by atoms with Crippen LogP contribution in [-0.2, 0) is 5.41 Å². The van der Waals surface area contributed by atoms with E-state index in [4.69, 9.17) is 0 Å². The standard InChI is InChI=1S/C13H23N5O/c1-13(2,3)12-16-10(17-18-12)11(19)15-9-6-4-5-7-14-8-9/h9,14H,4-8H2,1-3H3,(H,15,19)(H,16,17,18). The number of aromatic amines is 1. The molecule has 1 saturated heterocycles. The molecule has 0 aromatic carbocycles.